The van der Waals surface area contributed by atoms with E-state index in [1.807, 2.05) is 12.1 Å². The van der Waals surface area contributed by atoms with Gasteiger partial charge in [0, 0.05) is 5.92 Å². The second-order valence-electron chi connectivity index (χ2n) is 3.93. The maximum Gasteiger partial charge on any atom is 0.323 e. The molecular weight excluding hydrogens is 246 g/mol. The molecule has 0 saturated heterocycles. The van der Waals surface area contributed by atoms with Crippen LogP contribution in [0.1, 0.15) is 17.9 Å². The molecule has 0 unspecified atom stereocenters. The summed E-state index contributed by atoms with van der Waals surface area (Å²) in [4.78, 5) is 23.1. The summed E-state index contributed by atoms with van der Waals surface area (Å²) in [6.45, 7) is 0. The summed E-state index contributed by atoms with van der Waals surface area (Å²) in [6, 6.07) is 10.8. The van der Waals surface area contributed by atoms with Gasteiger partial charge in [-0.25, -0.2) is 0 Å². The topological polar surface area (TPSA) is 76.4 Å². The Hall–Kier alpha value is -2.35. The van der Waals surface area contributed by atoms with E-state index < -0.39 is 23.8 Å². The SMILES string of the molecule is COC(=O)C[C@@H](c1ccccc1)[C@H](C#N)C(=O)OC. The average molecular weight is 261 g/mol. The van der Waals surface area contributed by atoms with Crippen LogP contribution in [0.5, 0.6) is 0 Å². The van der Waals surface area contributed by atoms with Crippen molar-refractivity contribution in [1.29, 1.82) is 5.26 Å². The molecule has 5 heteroatoms. The summed E-state index contributed by atoms with van der Waals surface area (Å²) < 4.78 is 9.22. The fraction of sp³-hybridized carbons (Fsp3) is 0.357. The highest BCUT2D eigenvalue weighted by atomic mass is 16.5. The first kappa shape index (κ1) is 14.7. The van der Waals surface area contributed by atoms with Gasteiger partial charge >= 0.3 is 11.9 Å². The third kappa shape index (κ3) is 3.81. The molecule has 0 aromatic heterocycles. The molecule has 0 spiro atoms. The predicted molar refractivity (Wildman–Crippen MR) is 66.9 cm³/mol. The van der Waals surface area contributed by atoms with Crippen molar-refractivity contribution in [3.8, 4) is 6.07 Å². The lowest BCUT2D eigenvalue weighted by molar-refractivity contribution is -0.145. The number of ether oxygens (including phenoxy) is 2. The molecule has 2 atom stereocenters. The molecule has 0 bridgehead atoms. The molecule has 0 aliphatic heterocycles. The zero-order chi connectivity index (χ0) is 14.3. The van der Waals surface area contributed by atoms with Gasteiger partial charge in [0.2, 0.25) is 0 Å². The molecule has 0 radical (unpaired) electrons. The Kier molecular flexibility index (Phi) is 5.55. The molecular formula is C14H15NO4. The first-order chi connectivity index (χ1) is 9.13. The minimum atomic E-state index is -1.04. The van der Waals surface area contributed by atoms with E-state index in [1.165, 1.54) is 14.2 Å². The molecule has 0 heterocycles. The van der Waals surface area contributed by atoms with Crippen LogP contribution < -0.4 is 0 Å². The lowest BCUT2D eigenvalue weighted by atomic mass is 9.84. The molecule has 19 heavy (non-hydrogen) atoms. The number of benzene rings is 1. The van der Waals surface area contributed by atoms with E-state index in [1.54, 1.807) is 24.3 Å². The maximum absolute atomic E-state index is 11.6. The van der Waals surface area contributed by atoms with Crippen molar-refractivity contribution in [3.05, 3.63) is 35.9 Å². The molecule has 1 rings (SSSR count). The van der Waals surface area contributed by atoms with Crippen LogP contribution in [0.3, 0.4) is 0 Å². The van der Waals surface area contributed by atoms with E-state index >= 15 is 0 Å². The number of nitrogens with zero attached hydrogens (tertiary/aromatic N) is 1. The summed E-state index contributed by atoms with van der Waals surface area (Å²) in [5, 5.41) is 9.14. The number of hydrogen-bond acceptors (Lipinski definition) is 5. The highest BCUT2D eigenvalue weighted by Gasteiger charge is 2.32. The van der Waals surface area contributed by atoms with Crippen LogP contribution in [0.25, 0.3) is 0 Å². The Morgan fingerprint density at radius 2 is 1.84 bits per heavy atom. The minimum absolute atomic E-state index is 0.0478. The molecule has 1 aromatic rings. The van der Waals surface area contributed by atoms with Crippen LogP contribution in [-0.4, -0.2) is 26.2 Å². The Morgan fingerprint density at radius 3 is 2.32 bits per heavy atom. The zero-order valence-corrected chi connectivity index (χ0v) is 10.8. The summed E-state index contributed by atoms with van der Waals surface area (Å²) >= 11 is 0. The normalized spacial score (nSPS) is 12.9. The molecule has 0 amide bonds. The van der Waals surface area contributed by atoms with Crippen molar-refractivity contribution < 1.29 is 19.1 Å². The predicted octanol–water partition coefficient (Wildman–Crippen LogP) is 1.65. The van der Waals surface area contributed by atoms with Gasteiger partial charge in [-0.1, -0.05) is 30.3 Å². The fourth-order valence-electron chi connectivity index (χ4n) is 1.83. The first-order valence-corrected chi connectivity index (χ1v) is 5.73. The van der Waals surface area contributed by atoms with Gasteiger partial charge in [0.1, 0.15) is 0 Å². The van der Waals surface area contributed by atoms with Crippen LogP contribution in [0.15, 0.2) is 30.3 Å². The van der Waals surface area contributed by atoms with E-state index in [4.69, 9.17) is 5.26 Å². The van der Waals surface area contributed by atoms with Gasteiger partial charge in [0.25, 0.3) is 0 Å². The van der Waals surface area contributed by atoms with Crippen molar-refractivity contribution in [2.75, 3.05) is 14.2 Å². The number of carbonyl (C=O) groups excluding carboxylic acids is 2. The van der Waals surface area contributed by atoms with Crippen LogP contribution in [-0.2, 0) is 19.1 Å². The lowest BCUT2D eigenvalue weighted by Gasteiger charge is -2.19. The first-order valence-electron chi connectivity index (χ1n) is 5.73. The van der Waals surface area contributed by atoms with Crippen molar-refractivity contribution >= 4 is 11.9 Å². The lowest BCUT2D eigenvalue weighted by Crippen LogP contribution is -2.24. The van der Waals surface area contributed by atoms with Gasteiger partial charge in [0.05, 0.1) is 26.7 Å². The van der Waals surface area contributed by atoms with Crippen LogP contribution >= 0.6 is 0 Å². The van der Waals surface area contributed by atoms with Gasteiger partial charge in [-0.15, -0.1) is 0 Å². The largest absolute Gasteiger partial charge is 0.469 e. The third-order valence-electron chi connectivity index (χ3n) is 2.84. The van der Waals surface area contributed by atoms with Crippen molar-refractivity contribution in [2.45, 2.75) is 12.3 Å². The van der Waals surface area contributed by atoms with E-state index in [0.717, 1.165) is 5.56 Å². The van der Waals surface area contributed by atoms with Crippen LogP contribution in [0, 0.1) is 17.2 Å². The molecule has 0 saturated carbocycles. The van der Waals surface area contributed by atoms with Gasteiger partial charge in [0.15, 0.2) is 5.92 Å². The molecule has 0 N–H and O–H groups in total. The van der Waals surface area contributed by atoms with E-state index in [9.17, 15) is 9.59 Å². The van der Waals surface area contributed by atoms with E-state index in [0.29, 0.717) is 0 Å². The van der Waals surface area contributed by atoms with Gasteiger partial charge < -0.3 is 9.47 Å². The summed E-state index contributed by atoms with van der Waals surface area (Å²) in [5.74, 6) is -2.74. The Labute approximate surface area is 111 Å². The monoisotopic (exact) mass is 261 g/mol. The average Bonchev–Trinajstić information content (AvgIpc) is 2.47. The van der Waals surface area contributed by atoms with Crippen molar-refractivity contribution in [3.63, 3.8) is 0 Å². The van der Waals surface area contributed by atoms with Gasteiger partial charge in [-0.3, -0.25) is 9.59 Å². The minimum Gasteiger partial charge on any atom is -0.469 e. The Morgan fingerprint density at radius 1 is 1.21 bits per heavy atom. The molecule has 100 valence electrons. The molecule has 0 fully saturated rings. The van der Waals surface area contributed by atoms with Crippen LogP contribution in [0.2, 0.25) is 0 Å². The molecule has 0 aliphatic rings. The fourth-order valence-corrected chi connectivity index (χ4v) is 1.83. The number of hydrogen-bond donors (Lipinski definition) is 0. The number of esters is 2. The van der Waals surface area contributed by atoms with Gasteiger partial charge in [-0.2, -0.15) is 5.26 Å². The smallest absolute Gasteiger partial charge is 0.323 e. The quantitative estimate of drug-likeness (QED) is 0.753. The molecule has 1 aromatic carbocycles. The number of rotatable bonds is 5. The standard InChI is InChI=1S/C14H15NO4/c1-18-13(16)8-11(10-6-4-3-5-7-10)12(9-15)14(17)19-2/h3-7,11-12H,8H2,1-2H3/t11-,12-/m0/s1. The highest BCUT2D eigenvalue weighted by Crippen LogP contribution is 2.29. The third-order valence-corrected chi connectivity index (χ3v) is 2.84. The Bertz CT molecular complexity index is 478. The van der Waals surface area contributed by atoms with Crippen LogP contribution in [0.4, 0.5) is 0 Å². The molecule has 0 aliphatic carbocycles. The van der Waals surface area contributed by atoms with Crippen molar-refractivity contribution in [1.82, 2.24) is 0 Å². The second-order valence-corrected chi connectivity index (χ2v) is 3.93. The number of methoxy groups -OCH3 is 2. The zero-order valence-electron chi connectivity index (χ0n) is 10.8. The summed E-state index contributed by atoms with van der Waals surface area (Å²) in [6.07, 6.45) is -0.0478. The summed E-state index contributed by atoms with van der Waals surface area (Å²) in [5.41, 5.74) is 0.727. The van der Waals surface area contributed by atoms with E-state index in [-0.39, 0.29) is 6.42 Å². The maximum atomic E-state index is 11.6. The molecule has 5 nitrogen and oxygen atoms in total. The van der Waals surface area contributed by atoms with E-state index in [2.05, 4.69) is 9.47 Å². The van der Waals surface area contributed by atoms with Gasteiger partial charge in [-0.05, 0) is 5.56 Å². The number of carbonyl (C=O) groups is 2. The second kappa shape index (κ2) is 7.17. The summed E-state index contributed by atoms with van der Waals surface area (Å²) in [7, 11) is 2.48. The number of nitriles is 1. The van der Waals surface area contributed by atoms with Crippen molar-refractivity contribution in [2.24, 2.45) is 5.92 Å². The Balaban J connectivity index is 3.08. The highest BCUT2D eigenvalue weighted by molar-refractivity contribution is 5.78.